The van der Waals surface area contributed by atoms with Gasteiger partial charge in [-0.05, 0) is 18.3 Å². The molecular weight excluding hydrogens is 228 g/mol. The van der Waals surface area contributed by atoms with E-state index in [4.69, 9.17) is 11.6 Å². The van der Waals surface area contributed by atoms with Crippen LogP contribution < -0.4 is 0 Å². The van der Waals surface area contributed by atoms with Crippen molar-refractivity contribution in [1.82, 2.24) is 0 Å². The van der Waals surface area contributed by atoms with E-state index in [-0.39, 0.29) is 0 Å². The van der Waals surface area contributed by atoms with Crippen LogP contribution in [-0.4, -0.2) is 5.88 Å². The fourth-order valence-corrected chi connectivity index (χ4v) is 2.95. The Kier molecular flexibility index (Phi) is 11.6. The molecule has 0 rings (SSSR count). The maximum atomic E-state index is 5.66. The molecule has 0 aromatic rings. The van der Waals surface area contributed by atoms with Gasteiger partial charge >= 0.3 is 0 Å². The van der Waals surface area contributed by atoms with Crippen molar-refractivity contribution in [3.63, 3.8) is 0 Å². The Labute approximate surface area is 115 Å². The van der Waals surface area contributed by atoms with E-state index < -0.39 is 0 Å². The van der Waals surface area contributed by atoms with Crippen molar-refractivity contribution in [1.29, 1.82) is 0 Å². The highest BCUT2D eigenvalue weighted by Gasteiger charge is 2.22. The first-order chi connectivity index (χ1) is 8.24. The minimum absolute atomic E-state index is 0.651. The van der Waals surface area contributed by atoms with Gasteiger partial charge in [0.25, 0.3) is 0 Å². The predicted molar refractivity (Wildman–Crippen MR) is 81.0 cm³/mol. The van der Waals surface area contributed by atoms with Gasteiger partial charge in [-0.25, -0.2) is 0 Å². The molecule has 0 amide bonds. The molecule has 0 aliphatic carbocycles. The minimum Gasteiger partial charge on any atom is -0.127 e. The van der Waals surface area contributed by atoms with E-state index in [1.165, 1.54) is 70.6 Å². The summed E-state index contributed by atoms with van der Waals surface area (Å²) in [6.07, 6.45) is 15.1. The molecular formula is C16H33Cl. The molecule has 0 N–H and O–H groups in total. The molecule has 0 fully saturated rings. The second-order valence-corrected chi connectivity index (χ2v) is 5.85. The second kappa shape index (κ2) is 11.4. The minimum atomic E-state index is 0.651. The Morgan fingerprint density at radius 3 is 1.47 bits per heavy atom. The number of hydrogen-bond donors (Lipinski definition) is 0. The second-order valence-electron chi connectivity index (χ2n) is 5.47. The molecule has 0 aromatic heterocycles. The van der Waals surface area contributed by atoms with E-state index in [0.29, 0.717) is 5.41 Å². The molecule has 0 atom stereocenters. The van der Waals surface area contributed by atoms with Crippen molar-refractivity contribution in [2.75, 3.05) is 5.88 Å². The van der Waals surface area contributed by atoms with E-state index in [2.05, 4.69) is 20.8 Å². The summed E-state index contributed by atoms with van der Waals surface area (Å²) < 4.78 is 0. The van der Waals surface area contributed by atoms with E-state index in [1.807, 2.05) is 0 Å². The van der Waals surface area contributed by atoms with Crippen molar-refractivity contribution in [2.24, 2.45) is 5.41 Å². The summed E-state index contributed by atoms with van der Waals surface area (Å²) in [7, 11) is 0. The van der Waals surface area contributed by atoms with E-state index >= 15 is 0 Å². The Bertz CT molecular complexity index is 141. The Balaban J connectivity index is 3.43. The Morgan fingerprint density at radius 2 is 1.06 bits per heavy atom. The van der Waals surface area contributed by atoms with E-state index in [0.717, 1.165) is 5.88 Å². The average Bonchev–Trinajstić information content (AvgIpc) is 2.38. The van der Waals surface area contributed by atoms with Crippen molar-refractivity contribution in [3.05, 3.63) is 0 Å². The average molecular weight is 261 g/mol. The van der Waals surface area contributed by atoms with Crippen LogP contribution in [0.25, 0.3) is 0 Å². The molecule has 0 saturated heterocycles. The van der Waals surface area contributed by atoms with Crippen LogP contribution in [-0.2, 0) is 0 Å². The van der Waals surface area contributed by atoms with Gasteiger partial charge in [-0.15, -0.1) is 11.6 Å². The van der Waals surface area contributed by atoms with Gasteiger partial charge in [-0.1, -0.05) is 78.6 Å². The Morgan fingerprint density at radius 1 is 0.647 bits per heavy atom. The molecule has 17 heavy (non-hydrogen) atoms. The largest absolute Gasteiger partial charge is 0.127 e. The summed E-state index contributed by atoms with van der Waals surface area (Å²) in [6, 6.07) is 0. The molecule has 0 radical (unpaired) electrons. The molecule has 0 aromatic carbocycles. The number of rotatable bonds is 12. The van der Waals surface area contributed by atoms with Crippen LogP contribution >= 0.6 is 11.6 Å². The lowest BCUT2D eigenvalue weighted by Gasteiger charge is -2.30. The van der Waals surface area contributed by atoms with E-state index in [1.54, 1.807) is 0 Å². The highest BCUT2D eigenvalue weighted by atomic mass is 35.5. The maximum absolute atomic E-state index is 5.66. The zero-order chi connectivity index (χ0) is 13.0. The van der Waals surface area contributed by atoms with Gasteiger partial charge in [0.2, 0.25) is 0 Å². The molecule has 0 saturated carbocycles. The number of hydrogen-bond acceptors (Lipinski definition) is 0. The van der Waals surface area contributed by atoms with Gasteiger partial charge < -0.3 is 0 Å². The van der Waals surface area contributed by atoms with Crippen LogP contribution in [0.2, 0.25) is 0 Å². The molecule has 0 unspecified atom stereocenters. The number of alkyl halides is 1. The quantitative estimate of drug-likeness (QED) is 0.275. The van der Waals surface area contributed by atoms with Gasteiger partial charge in [0, 0.05) is 5.88 Å². The molecule has 104 valence electrons. The van der Waals surface area contributed by atoms with Crippen LogP contribution in [0.1, 0.15) is 91.4 Å². The predicted octanol–water partition coefficient (Wildman–Crippen LogP) is 6.56. The van der Waals surface area contributed by atoms with E-state index in [9.17, 15) is 0 Å². The molecule has 0 bridgehead atoms. The summed E-state index contributed by atoms with van der Waals surface area (Å²) in [4.78, 5) is 0. The lowest BCUT2D eigenvalue weighted by Crippen LogP contribution is -2.17. The molecule has 0 aliphatic heterocycles. The van der Waals surface area contributed by atoms with Gasteiger partial charge in [-0.2, -0.15) is 0 Å². The van der Waals surface area contributed by atoms with Gasteiger partial charge in [0.15, 0.2) is 0 Å². The van der Waals surface area contributed by atoms with Gasteiger partial charge in [0.05, 0.1) is 0 Å². The normalized spacial score (nSPS) is 12.0. The lowest BCUT2D eigenvalue weighted by atomic mass is 9.75. The molecule has 0 nitrogen and oxygen atoms in total. The van der Waals surface area contributed by atoms with Crippen LogP contribution in [0, 0.1) is 5.41 Å². The molecule has 0 aliphatic rings. The van der Waals surface area contributed by atoms with Crippen LogP contribution in [0.3, 0.4) is 0 Å². The monoisotopic (exact) mass is 260 g/mol. The fourth-order valence-electron chi connectivity index (χ4n) is 2.76. The number of halogens is 1. The highest BCUT2D eigenvalue weighted by molar-refractivity contribution is 6.17. The SMILES string of the molecule is CCC(CC)(CC)CCCCCCCCCCl. The third-order valence-corrected chi connectivity index (χ3v) is 4.86. The zero-order valence-corrected chi connectivity index (χ0v) is 13.1. The Hall–Kier alpha value is 0.290. The van der Waals surface area contributed by atoms with Gasteiger partial charge in [-0.3, -0.25) is 0 Å². The first-order valence-corrected chi connectivity index (χ1v) is 8.34. The van der Waals surface area contributed by atoms with Crippen LogP contribution in [0.15, 0.2) is 0 Å². The van der Waals surface area contributed by atoms with Crippen molar-refractivity contribution >= 4 is 11.6 Å². The summed E-state index contributed by atoms with van der Waals surface area (Å²) in [5, 5.41) is 0. The maximum Gasteiger partial charge on any atom is 0.0223 e. The summed E-state index contributed by atoms with van der Waals surface area (Å²) in [5.41, 5.74) is 0.651. The molecule has 0 heterocycles. The fraction of sp³-hybridized carbons (Fsp3) is 1.00. The third-order valence-electron chi connectivity index (χ3n) is 4.59. The van der Waals surface area contributed by atoms with Crippen molar-refractivity contribution < 1.29 is 0 Å². The van der Waals surface area contributed by atoms with Gasteiger partial charge in [0.1, 0.15) is 0 Å². The topological polar surface area (TPSA) is 0 Å². The van der Waals surface area contributed by atoms with Crippen LogP contribution in [0.5, 0.6) is 0 Å². The molecule has 1 heteroatoms. The lowest BCUT2D eigenvalue weighted by molar-refractivity contribution is 0.220. The standard InChI is InChI=1S/C16H33Cl/c1-4-16(5-2,6-3)14-12-10-8-7-9-11-13-15-17/h4-15H2,1-3H3. The highest BCUT2D eigenvalue weighted by Crippen LogP contribution is 2.36. The first-order valence-electron chi connectivity index (χ1n) is 7.80. The zero-order valence-electron chi connectivity index (χ0n) is 12.4. The van der Waals surface area contributed by atoms with Crippen molar-refractivity contribution in [3.8, 4) is 0 Å². The number of unbranched alkanes of at least 4 members (excludes halogenated alkanes) is 6. The summed E-state index contributed by atoms with van der Waals surface area (Å²) in [6.45, 7) is 7.08. The summed E-state index contributed by atoms with van der Waals surface area (Å²) in [5.74, 6) is 0.839. The third kappa shape index (κ3) is 8.08. The first kappa shape index (κ1) is 17.3. The van der Waals surface area contributed by atoms with Crippen molar-refractivity contribution in [2.45, 2.75) is 91.4 Å². The summed E-state index contributed by atoms with van der Waals surface area (Å²) >= 11 is 5.66. The smallest absolute Gasteiger partial charge is 0.0223 e. The van der Waals surface area contributed by atoms with Crippen LogP contribution in [0.4, 0.5) is 0 Å². The molecule has 0 spiro atoms.